The molecular weight excluding hydrogens is 343 g/mol. The molecule has 2 aromatic rings. The van der Waals surface area contributed by atoms with Crippen molar-refractivity contribution >= 4 is 46.7 Å². The number of benzene rings is 1. The fraction of sp³-hybridized carbons (Fsp3) is 0.267. The molecule has 2 amide bonds. The predicted octanol–water partition coefficient (Wildman–Crippen LogP) is 5.17. The molecule has 116 valence electrons. The second-order valence-electron chi connectivity index (χ2n) is 4.90. The Morgan fingerprint density at radius 3 is 2.91 bits per heavy atom. The van der Waals surface area contributed by atoms with Gasteiger partial charge in [-0.15, -0.1) is 11.8 Å². The van der Waals surface area contributed by atoms with E-state index < -0.39 is 0 Å². The molecule has 1 N–H and O–H groups in total. The van der Waals surface area contributed by atoms with Crippen molar-refractivity contribution in [1.82, 2.24) is 4.90 Å². The van der Waals surface area contributed by atoms with Crippen molar-refractivity contribution in [2.24, 2.45) is 0 Å². The molecule has 1 aromatic heterocycles. The Morgan fingerprint density at radius 2 is 2.18 bits per heavy atom. The largest absolute Gasteiger partial charge is 0.463 e. The van der Waals surface area contributed by atoms with Crippen LogP contribution in [0.5, 0.6) is 0 Å². The second kappa shape index (κ2) is 6.44. The Morgan fingerprint density at radius 1 is 1.36 bits per heavy atom. The maximum atomic E-state index is 12.5. The molecule has 1 aromatic carbocycles. The number of carbonyl (C=O) groups is 1. The summed E-state index contributed by atoms with van der Waals surface area (Å²) in [7, 11) is 0. The third kappa shape index (κ3) is 3.07. The normalized spacial score (nSPS) is 17.8. The van der Waals surface area contributed by atoms with Crippen molar-refractivity contribution in [3.8, 4) is 0 Å². The zero-order valence-electron chi connectivity index (χ0n) is 11.8. The summed E-state index contributed by atoms with van der Waals surface area (Å²) in [4.78, 5) is 14.3. The van der Waals surface area contributed by atoms with E-state index in [0.717, 1.165) is 17.3 Å². The maximum absolute atomic E-state index is 12.5. The molecule has 2 heterocycles. The van der Waals surface area contributed by atoms with E-state index in [-0.39, 0.29) is 11.4 Å². The third-order valence-corrected chi connectivity index (χ3v) is 5.39. The Kier molecular flexibility index (Phi) is 4.57. The van der Waals surface area contributed by atoms with Gasteiger partial charge in [0, 0.05) is 12.3 Å². The number of aryl methyl sites for hydroxylation is 1. The first-order valence-corrected chi connectivity index (χ1v) is 8.56. The van der Waals surface area contributed by atoms with E-state index in [1.807, 2.05) is 19.1 Å². The lowest BCUT2D eigenvalue weighted by Gasteiger charge is -2.23. The van der Waals surface area contributed by atoms with Crippen molar-refractivity contribution in [2.75, 3.05) is 17.6 Å². The van der Waals surface area contributed by atoms with Gasteiger partial charge in [-0.1, -0.05) is 29.3 Å². The Hall–Kier alpha value is -1.30. The number of anilines is 1. The van der Waals surface area contributed by atoms with Crippen LogP contribution in [-0.4, -0.2) is 23.2 Å². The minimum Gasteiger partial charge on any atom is -0.463 e. The summed E-state index contributed by atoms with van der Waals surface area (Å²) in [5, 5.41) is 3.45. The number of urea groups is 1. The molecule has 1 aliphatic heterocycles. The minimum atomic E-state index is -0.215. The molecule has 0 aliphatic carbocycles. The number of halogens is 2. The molecule has 22 heavy (non-hydrogen) atoms. The highest BCUT2D eigenvalue weighted by atomic mass is 35.5. The first-order chi connectivity index (χ1) is 10.6. The fourth-order valence-electron chi connectivity index (χ4n) is 2.29. The highest BCUT2D eigenvalue weighted by molar-refractivity contribution is 7.99. The topological polar surface area (TPSA) is 45.5 Å². The van der Waals surface area contributed by atoms with Gasteiger partial charge in [-0.3, -0.25) is 0 Å². The van der Waals surface area contributed by atoms with Crippen LogP contribution < -0.4 is 5.32 Å². The van der Waals surface area contributed by atoms with E-state index in [1.54, 1.807) is 34.9 Å². The summed E-state index contributed by atoms with van der Waals surface area (Å²) >= 11 is 13.8. The maximum Gasteiger partial charge on any atom is 0.323 e. The number of thioether (sulfide) groups is 1. The zero-order valence-corrected chi connectivity index (χ0v) is 14.1. The minimum absolute atomic E-state index is 0.119. The van der Waals surface area contributed by atoms with Crippen LogP contribution in [0.1, 0.15) is 16.9 Å². The summed E-state index contributed by atoms with van der Waals surface area (Å²) < 4.78 is 5.65. The van der Waals surface area contributed by atoms with E-state index in [0.29, 0.717) is 22.3 Å². The number of furan rings is 1. The lowest BCUT2D eigenvalue weighted by atomic mass is 10.3. The summed E-state index contributed by atoms with van der Waals surface area (Å²) in [5.41, 5.74) is 0.505. The molecule has 1 unspecified atom stereocenters. The van der Waals surface area contributed by atoms with Gasteiger partial charge in [0.25, 0.3) is 0 Å². The molecule has 1 fully saturated rings. The van der Waals surface area contributed by atoms with Crippen molar-refractivity contribution in [2.45, 2.75) is 12.3 Å². The highest BCUT2D eigenvalue weighted by Crippen LogP contribution is 2.39. The van der Waals surface area contributed by atoms with Gasteiger partial charge in [-0.2, -0.15) is 0 Å². The van der Waals surface area contributed by atoms with Crippen LogP contribution in [0.3, 0.4) is 0 Å². The quantitative estimate of drug-likeness (QED) is 0.806. The molecule has 0 bridgehead atoms. The molecule has 0 radical (unpaired) electrons. The standard InChI is InChI=1S/C15H14Cl2N2O2S/c1-9-5-6-12(21-9)14-19(7-8-22-14)15(20)18-11-4-2-3-10(16)13(11)17/h2-6,14H,7-8H2,1H3,(H,18,20). The van der Waals surface area contributed by atoms with Crippen LogP contribution in [0.4, 0.5) is 10.5 Å². The van der Waals surface area contributed by atoms with E-state index in [2.05, 4.69) is 5.32 Å². The molecule has 3 rings (SSSR count). The molecule has 4 nitrogen and oxygen atoms in total. The van der Waals surface area contributed by atoms with Gasteiger partial charge in [-0.25, -0.2) is 4.79 Å². The average molecular weight is 357 g/mol. The zero-order chi connectivity index (χ0) is 15.7. The van der Waals surface area contributed by atoms with Crippen LogP contribution in [-0.2, 0) is 0 Å². The molecular formula is C15H14Cl2N2O2S. The molecule has 1 aliphatic rings. The molecule has 0 saturated carbocycles. The number of nitrogens with one attached hydrogen (secondary N) is 1. The van der Waals surface area contributed by atoms with Gasteiger partial charge in [0.05, 0.1) is 15.7 Å². The summed E-state index contributed by atoms with van der Waals surface area (Å²) in [6, 6.07) is 8.74. The number of nitrogens with zero attached hydrogens (tertiary/aromatic N) is 1. The van der Waals surface area contributed by atoms with Gasteiger partial charge < -0.3 is 14.6 Å². The Balaban J connectivity index is 1.78. The van der Waals surface area contributed by atoms with E-state index >= 15 is 0 Å². The van der Waals surface area contributed by atoms with Gasteiger partial charge in [0.15, 0.2) is 0 Å². The summed E-state index contributed by atoms with van der Waals surface area (Å²) in [6.07, 6.45) is 0. The lowest BCUT2D eigenvalue weighted by molar-refractivity contribution is 0.209. The number of hydrogen-bond acceptors (Lipinski definition) is 3. The smallest absolute Gasteiger partial charge is 0.323 e. The van der Waals surface area contributed by atoms with Gasteiger partial charge in [0.2, 0.25) is 0 Å². The monoisotopic (exact) mass is 356 g/mol. The van der Waals surface area contributed by atoms with Gasteiger partial charge in [-0.05, 0) is 31.2 Å². The van der Waals surface area contributed by atoms with E-state index in [1.165, 1.54) is 0 Å². The highest BCUT2D eigenvalue weighted by Gasteiger charge is 2.33. The number of amides is 2. The Labute approximate surface area is 142 Å². The van der Waals surface area contributed by atoms with Gasteiger partial charge in [0.1, 0.15) is 16.9 Å². The Bertz CT molecular complexity index is 705. The molecule has 1 saturated heterocycles. The fourth-order valence-corrected chi connectivity index (χ4v) is 3.83. The third-order valence-electron chi connectivity index (χ3n) is 3.35. The van der Waals surface area contributed by atoms with Crippen molar-refractivity contribution in [1.29, 1.82) is 0 Å². The van der Waals surface area contributed by atoms with Crippen molar-refractivity contribution in [3.05, 3.63) is 51.9 Å². The molecule has 7 heteroatoms. The summed E-state index contributed by atoms with van der Waals surface area (Å²) in [6.45, 7) is 2.54. The SMILES string of the molecule is Cc1ccc(C2SCCN2C(=O)Nc2cccc(Cl)c2Cl)o1. The number of rotatable bonds is 2. The first kappa shape index (κ1) is 15.6. The first-order valence-electron chi connectivity index (χ1n) is 6.76. The average Bonchev–Trinajstić information content (AvgIpc) is 3.12. The molecule has 1 atom stereocenters. The van der Waals surface area contributed by atoms with Crippen LogP contribution in [0, 0.1) is 6.92 Å². The van der Waals surface area contributed by atoms with Gasteiger partial charge >= 0.3 is 6.03 Å². The summed E-state index contributed by atoms with van der Waals surface area (Å²) in [5.74, 6) is 2.48. The van der Waals surface area contributed by atoms with Crippen molar-refractivity contribution in [3.63, 3.8) is 0 Å². The van der Waals surface area contributed by atoms with Crippen molar-refractivity contribution < 1.29 is 9.21 Å². The second-order valence-corrected chi connectivity index (χ2v) is 6.87. The number of hydrogen-bond donors (Lipinski definition) is 1. The molecule has 0 spiro atoms. The van der Waals surface area contributed by atoms with E-state index in [9.17, 15) is 4.79 Å². The van der Waals surface area contributed by atoms with Crippen LogP contribution >= 0.6 is 35.0 Å². The lowest BCUT2D eigenvalue weighted by Crippen LogP contribution is -2.34. The van der Waals surface area contributed by atoms with E-state index in [4.69, 9.17) is 27.6 Å². The van der Waals surface area contributed by atoms with Crippen LogP contribution in [0.2, 0.25) is 10.0 Å². The predicted molar refractivity (Wildman–Crippen MR) is 90.8 cm³/mol. The van der Waals surface area contributed by atoms with Crippen LogP contribution in [0.15, 0.2) is 34.7 Å². The number of carbonyl (C=O) groups excluding carboxylic acids is 1. The van der Waals surface area contributed by atoms with Crippen LogP contribution in [0.25, 0.3) is 0 Å².